The number of nitrogens with two attached hydrogens (primary N) is 1. The van der Waals surface area contributed by atoms with Gasteiger partial charge in [0.15, 0.2) is 0 Å². The molecule has 0 saturated heterocycles. The Bertz CT molecular complexity index is 331. The first-order valence-corrected chi connectivity index (χ1v) is 5.36. The van der Waals surface area contributed by atoms with Crippen LogP contribution in [0.15, 0.2) is 36.4 Å². The summed E-state index contributed by atoms with van der Waals surface area (Å²) in [6.45, 7) is 8.22. The van der Waals surface area contributed by atoms with Crippen LogP contribution in [0.5, 0.6) is 0 Å². The maximum Gasteiger partial charge on any atom is 0.0497 e. The maximum absolute atomic E-state index is 5.57. The largest absolute Gasteiger partial charge is 0.271 e. The van der Waals surface area contributed by atoms with E-state index in [4.69, 9.17) is 5.84 Å². The van der Waals surface area contributed by atoms with Crippen LogP contribution < -0.4 is 11.3 Å². The van der Waals surface area contributed by atoms with Crippen LogP contribution in [0.1, 0.15) is 36.9 Å². The minimum absolute atomic E-state index is 0.178. The molecule has 0 heterocycles. The SMILES string of the molecule is C=C(CC)CC(NN)c1cccc(C)c1. The molecule has 0 fully saturated rings. The fourth-order valence-corrected chi connectivity index (χ4v) is 1.59. The third-order valence-electron chi connectivity index (χ3n) is 2.64. The van der Waals surface area contributed by atoms with Gasteiger partial charge in [-0.05, 0) is 25.3 Å². The summed E-state index contributed by atoms with van der Waals surface area (Å²) < 4.78 is 0. The van der Waals surface area contributed by atoms with Crippen LogP contribution in [-0.4, -0.2) is 0 Å². The lowest BCUT2D eigenvalue weighted by molar-refractivity contribution is 0.544. The third kappa shape index (κ3) is 3.50. The quantitative estimate of drug-likeness (QED) is 0.440. The van der Waals surface area contributed by atoms with Gasteiger partial charge >= 0.3 is 0 Å². The fraction of sp³-hybridized carbons (Fsp3) is 0.385. The molecule has 0 saturated carbocycles. The van der Waals surface area contributed by atoms with Crippen LogP contribution in [0.4, 0.5) is 0 Å². The van der Waals surface area contributed by atoms with E-state index in [2.05, 4.69) is 50.1 Å². The molecule has 2 nitrogen and oxygen atoms in total. The third-order valence-corrected chi connectivity index (χ3v) is 2.64. The molecule has 1 rings (SSSR count). The van der Waals surface area contributed by atoms with E-state index < -0.39 is 0 Å². The van der Waals surface area contributed by atoms with Crippen LogP contribution in [-0.2, 0) is 0 Å². The average Bonchev–Trinajstić information content (AvgIpc) is 2.25. The predicted molar refractivity (Wildman–Crippen MR) is 65.3 cm³/mol. The van der Waals surface area contributed by atoms with Crippen molar-refractivity contribution in [2.45, 2.75) is 32.7 Å². The van der Waals surface area contributed by atoms with Crippen molar-refractivity contribution in [3.8, 4) is 0 Å². The Hall–Kier alpha value is -1.12. The Kier molecular flexibility index (Phi) is 4.53. The van der Waals surface area contributed by atoms with Crippen LogP contribution >= 0.6 is 0 Å². The number of rotatable bonds is 5. The number of hydrogen-bond donors (Lipinski definition) is 2. The molecular weight excluding hydrogens is 184 g/mol. The van der Waals surface area contributed by atoms with E-state index in [-0.39, 0.29) is 6.04 Å². The number of hydrogen-bond acceptors (Lipinski definition) is 2. The van der Waals surface area contributed by atoms with Gasteiger partial charge in [0, 0.05) is 6.04 Å². The van der Waals surface area contributed by atoms with E-state index in [0.29, 0.717) is 0 Å². The summed E-state index contributed by atoms with van der Waals surface area (Å²) in [5, 5.41) is 0. The van der Waals surface area contributed by atoms with E-state index >= 15 is 0 Å². The molecule has 82 valence electrons. The van der Waals surface area contributed by atoms with Gasteiger partial charge in [-0.1, -0.05) is 48.9 Å². The number of aryl methyl sites for hydroxylation is 1. The number of nitrogens with one attached hydrogen (secondary N) is 1. The molecule has 3 N–H and O–H groups in total. The highest BCUT2D eigenvalue weighted by atomic mass is 15.2. The second kappa shape index (κ2) is 5.69. The first kappa shape index (κ1) is 12.0. The highest BCUT2D eigenvalue weighted by molar-refractivity contribution is 5.26. The van der Waals surface area contributed by atoms with Crippen LogP contribution in [0, 0.1) is 6.92 Å². The lowest BCUT2D eigenvalue weighted by atomic mass is 9.98. The Morgan fingerprint density at radius 2 is 2.27 bits per heavy atom. The zero-order valence-corrected chi connectivity index (χ0v) is 9.59. The minimum Gasteiger partial charge on any atom is -0.271 e. The summed E-state index contributed by atoms with van der Waals surface area (Å²) in [4.78, 5) is 0. The summed E-state index contributed by atoms with van der Waals surface area (Å²) in [6, 6.07) is 8.58. The highest BCUT2D eigenvalue weighted by Crippen LogP contribution is 2.21. The Morgan fingerprint density at radius 3 is 2.80 bits per heavy atom. The molecule has 1 atom stereocenters. The molecule has 1 aromatic rings. The molecule has 2 heteroatoms. The first-order valence-electron chi connectivity index (χ1n) is 5.36. The molecule has 0 radical (unpaired) electrons. The van der Waals surface area contributed by atoms with Gasteiger partial charge in [0.1, 0.15) is 0 Å². The monoisotopic (exact) mass is 204 g/mol. The standard InChI is InChI=1S/C13H20N2/c1-4-10(2)9-13(15-14)12-7-5-6-11(3)8-12/h5-8,13,15H,2,4,9,14H2,1,3H3. The molecule has 1 aromatic carbocycles. The number of benzene rings is 1. The Balaban J connectivity index is 2.78. The molecule has 0 aliphatic heterocycles. The zero-order chi connectivity index (χ0) is 11.3. The number of hydrazine groups is 1. The Labute approximate surface area is 92.2 Å². The molecule has 0 aliphatic rings. The van der Waals surface area contributed by atoms with Gasteiger partial charge < -0.3 is 0 Å². The summed E-state index contributed by atoms with van der Waals surface area (Å²) in [7, 11) is 0. The van der Waals surface area contributed by atoms with Crippen molar-refractivity contribution in [2.24, 2.45) is 5.84 Å². The summed E-state index contributed by atoms with van der Waals surface area (Å²) in [5.41, 5.74) is 6.56. The highest BCUT2D eigenvalue weighted by Gasteiger charge is 2.10. The van der Waals surface area contributed by atoms with Crippen LogP contribution in [0.3, 0.4) is 0 Å². The second-order valence-corrected chi connectivity index (χ2v) is 3.94. The van der Waals surface area contributed by atoms with Crippen molar-refractivity contribution < 1.29 is 0 Å². The van der Waals surface area contributed by atoms with Gasteiger partial charge in [0.05, 0.1) is 0 Å². The normalized spacial score (nSPS) is 12.5. The molecule has 0 amide bonds. The van der Waals surface area contributed by atoms with Crippen molar-refractivity contribution in [1.29, 1.82) is 0 Å². The first-order chi connectivity index (χ1) is 7.17. The molecule has 0 aliphatic carbocycles. The summed E-state index contributed by atoms with van der Waals surface area (Å²) in [5.74, 6) is 5.57. The van der Waals surface area contributed by atoms with Crippen molar-refractivity contribution in [2.75, 3.05) is 0 Å². The average molecular weight is 204 g/mol. The molecular formula is C13H20N2. The molecule has 15 heavy (non-hydrogen) atoms. The van der Waals surface area contributed by atoms with Crippen LogP contribution in [0.2, 0.25) is 0 Å². The van der Waals surface area contributed by atoms with Crippen molar-refractivity contribution in [3.63, 3.8) is 0 Å². The van der Waals surface area contributed by atoms with Gasteiger partial charge in [-0.15, -0.1) is 0 Å². The summed E-state index contributed by atoms with van der Waals surface area (Å²) in [6.07, 6.45) is 1.90. The van der Waals surface area contributed by atoms with Gasteiger partial charge in [-0.2, -0.15) is 0 Å². The van der Waals surface area contributed by atoms with E-state index in [9.17, 15) is 0 Å². The lowest BCUT2D eigenvalue weighted by Crippen LogP contribution is -2.28. The molecule has 1 unspecified atom stereocenters. The van der Waals surface area contributed by atoms with E-state index in [1.165, 1.54) is 16.7 Å². The van der Waals surface area contributed by atoms with Gasteiger partial charge in [0.25, 0.3) is 0 Å². The summed E-state index contributed by atoms with van der Waals surface area (Å²) >= 11 is 0. The molecule has 0 spiro atoms. The van der Waals surface area contributed by atoms with Crippen molar-refractivity contribution in [1.82, 2.24) is 5.43 Å². The van der Waals surface area contributed by atoms with E-state index in [1.807, 2.05) is 0 Å². The minimum atomic E-state index is 0.178. The predicted octanol–water partition coefficient (Wildman–Crippen LogP) is 2.86. The van der Waals surface area contributed by atoms with E-state index in [0.717, 1.165) is 12.8 Å². The van der Waals surface area contributed by atoms with Crippen LogP contribution in [0.25, 0.3) is 0 Å². The topological polar surface area (TPSA) is 38.0 Å². The fourth-order valence-electron chi connectivity index (χ4n) is 1.59. The Morgan fingerprint density at radius 1 is 1.53 bits per heavy atom. The van der Waals surface area contributed by atoms with Crippen molar-refractivity contribution in [3.05, 3.63) is 47.5 Å². The van der Waals surface area contributed by atoms with E-state index in [1.54, 1.807) is 0 Å². The van der Waals surface area contributed by atoms with Gasteiger partial charge in [-0.25, -0.2) is 0 Å². The zero-order valence-electron chi connectivity index (χ0n) is 9.59. The van der Waals surface area contributed by atoms with Gasteiger partial charge in [-0.3, -0.25) is 11.3 Å². The molecule has 0 aromatic heterocycles. The maximum atomic E-state index is 5.57. The molecule has 0 bridgehead atoms. The van der Waals surface area contributed by atoms with Crippen molar-refractivity contribution >= 4 is 0 Å². The van der Waals surface area contributed by atoms with Gasteiger partial charge in [0.2, 0.25) is 0 Å². The lowest BCUT2D eigenvalue weighted by Gasteiger charge is -2.17. The second-order valence-electron chi connectivity index (χ2n) is 3.94. The smallest absolute Gasteiger partial charge is 0.0497 e.